The molecule has 0 spiro atoms. The third kappa shape index (κ3) is 5.26. The van der Waals surface area contributed by atoms with Crippen molar-refractivity contribution in [3.05, 3.63) is 23.8 Å². The number of sulfonamides is 1. The van der Waals surface area contributed by atoms with Gasteiger partial charge >= 0.3 is 0 Å². The quantitative estimate of drug-likeness (QED) is 0.772. The van der Waals surface area contributed by atoms with Crippen molar-refractivity contribution in [2.24, 2.45) is 11.8 Å². The maximum Gasteiger partial charge on any atom is 0.247 e. The molecule has 0 fully saturated rings. The first-order chi connectivity index (χ1) is 13.1. The normalized spacial score (nSPS) is 23.2. The lowest BCUT2D eigenvalue weighted by Gasteiger charge is -2.37. The minimum atomic E-state index is -3.80. The summed E-state index contributed by atoms with van der Waals surface area (Å²) < 4.78 is 34.3. The molecule has 1 N–H and O–H groups in total. The van der Waals surface area contributed by atoms with Gasteiger partial charge in [0.15, 0.2) is 0 Å². The van der Waals surface area contributed by atoms with Crippen molar-refractivity contribution in [3.63, 3.8) is 0 Å². The molecule has 0 aromatic heterocycles. The Balaban J connectivity index is 2.61. The van der Waals surface area contributed by atoms with Gasteiger partial charge in [-0.25, -0.2) is 8.42 Å². The van der Waals surface area contributed by atoms with E-state index in [4.69, 9.17) is 4.74 Å². The van der Waals surface area contributed by atoms with Crippen LogP contribution in [0.1, 0.15) is 33.3 Å². The van der Waals surface area contributed by atoms with E-state index in [-0.39, 0.29) is 36.0 Å². The minimum absolute atomic E-state index is 0.0512. The second kappa shape index (κ2) is 9.27. The van der Waals surface area contributed by atoms with Crippen molar-refractivity contribution in [3.8, 4) is 17.6 Å². The van der Waals surface area contributed by atoms with Gasteiger partial charge in [0.25, 0.3) is 0 Å². The van der Waals surface area contributed by atoms with E-state index in [0.29, 0.717) is 12.3 Å². The molecule has 1 aromatic carbocycles. The Hall–Kier alpha value is -1.59. The number of benzene rings is 1. The minimum Gasteiger partial charge on any atom is -0.487 e. The molecule has 0 bridgehead atoms. The molecule has 1 aliphatic heterocycles. The van der Waals surface area contributed by atoms with Gasteiger partial charge in [-0.2, -0.15) is 4.31 Å². The maximum atomic E-state index is 13.3. The van der Waals surface area contributed by atoms with Crippen molar-refractivity contribution in [2.75, 3.05) is 33.8 Å². The number of fused-ring (bicyclic) bond motifs is 1. The maximum absolute atomic E-state index is 13.3. The fourth-order valence-corrected chi connectivity index (χ4v) is 4.93. The summed E-state index contributed by atoms with van der Waals surface area (Å²) in [5.41, 5.74) is 0.723. The van der Waals surface area contributed by atoms with E-state index in [2.05, 4.69) is 11.8 Å². The van der Waals surface area contributed by atoms with E-state index in [1.807, 2.05) is 39.8 Å². The molecule has 1 aromatic rings. The van der Waals surface area contributed by atoms with Crippen LogP contribution in [0.15, 0.2) is 23.1 Å². The van der Waals surface area contributed by atoms with Crippen molar-refractivity contribution < 1.29 is 18.3 Å². The lowest BCUT2D eigenvalue weighted by molar-refractivity contribution is 0.0812. The molecule has 0 aliphatic carbocycles. The standard InChI is InChI=1S/C21H32N2O4S/c1-15(2)7-8-18-9-10-21-19(11-18)27-20(13-22(5)6)16(3)12-23(17(4)14-24)28(21,25)26/h9-11,15-17,20,24H,12-14H2,1-6H3/t16-,17-,20+/m0/s1. The molecule has 0 amide bonds. The van der Waals surface area contributed by atoms with E-state index >= 15 is 0 Å². The van der Waals surface area contributed by atoms with E-state index in [1.54, 1.807) is 25.1 Å². The van der Waals surface area contributed by atoms with Crippen LogP contribution < -0.4 is 4.74 Å². The summed E-state index contributed by atoms with van der Waals surface area (Å²) in [7, 11) is 0.127. The number of aliphatic hydroxyl groups is 1. The van der Waals surface area contributed by atoms with Crippen LogP contribution in [0.4, 0.5) is 0 Å². The van der Waals surface area contributed by atoms with Crippen LogP contribution in [0, 0.1) is 23.7 Å². The second-order valence-corrected chi connectivity index (χ2v) is 9.95. The summed E-state index contributed by atoms with van der Waals surface area (Å²) >= 11 is 0. The number of rotatable bonds is 4. The van der Waals surface area contributed by atoms with Crippen molar-refractivity contribution in [2.45, 2.75) is 44.7 Å². The highest BCUT2D eigenvalue weighted by Crippen LogP contribution is 2.34. The Labute approximate surface area is 169 Å². The molecule has 0 radical (unpaired) electrons. The van der Waals surface area contributed by atoms with E-state index < -0.39 is 16.1 Å². The molecule has 7 heteroatoms. The Morgan fingerprint density at radius 1 is 1.32 bits per heavy atom. The van der Waals surface area contributed by atoms with Gasteiger partial charge in [-0.3, -0.25) is 0 Å². The smallest absolute Gasteiger partial charge is 0.247 e. The molecule has 6 nitrogen and oxygen atoms in total. The topological polar surface area (TPSA) is 70.1 Å². The summed E-state index contributed by atoms with van der Waals surface area (Å²) in [5.74, 6) is 6.67. The van der Waals surface area contributed by atoms with Crippen LogP contribution in [-0.2, 0) is 10.0 Å². The average molecular weight is 409 g/mol. The molecule has 0 saturated carbocycles. The second-order valence-electron chi connectivity index (χ2n) is 8.09. The van der Waals surface area contributed by atoms with E-state index in [0.717, 1.165) is 5.56 Å². The first kappa shape index (κ1) is 22.7. The van der Waals surface area contributed by atoms with Gasteiger partial charge in [-0.15, -0.1) is 0 Å². The number of ether oxygens (including phenoxy) is 1. The molecule has 28 heavy (non-hydrogen) atoms. The molecular weight excluding hydrogens is 376 g/mol. The van der Waals surface area contributed by atoms with Gasteiger partial charge < -0.3 is 14.7 Å². The van der Waals surface area contributed by atoms with Gasteiger partial charge in [0.05, 0.1) is 6.61 Å². The molecule has 3 atom stereocenters. The molecule has 1 heterocycles. The van der Waals surface area contributed by atoms with Crippen molar-refractivity contribution >= 4 is 10.0 Å². The Kier molecular flexibility index (Phi) is 7.52. The summed E-state index contributed by atoms with van der Waals surface area (Å²) in [5, 5.41) is 9.63. The fraction of sp³-hybridized carbons (Fsp3) is 0.619. The Morgan fingerprint density at radius 2 is 2.00 bits per heavy atom. The lowest BCUT2D eigenvalue weighted by atomic mass is 10.0. The first-order valence-electron chi connectivity index (χ1n) is 9.66. The number of aliphatic hydroxyl groups excluding tert-OH is 1. The molecule has 156 valence electrons. The zero-order chi connectivity index (χ0) is 21.1. The third-order valence-electron chi connectivity index (χ3n) is 4.72. The number of hydrogen-bond donors (Lipinski definition) is 1. The summed E-state index contributed by atoms with van der Waals surface area (Å²) in [6.07, 6.45) is -0.189. The fourth-order valence-electron chi connectivity index (χ4n) is 3.11. The van der Waals surface area contributed by atoms with E-state index in [9.17, 15) is 13.5 Å². The van der Waals surface area contributed by atoms with Crippen LogP contribution in [-0.4, -0.2) is 68.7 Å². The van der Waals surface area contributed by atoms with Crippen molar-refractivity contribution in [1.29, 1.82) is 0 Å². The molecule has 0 unspecified atom stereocenters. The predicted molar refractivity (Wildman–Crippen MR) is 111 cm³/mol. The summed E-state index contributed by atoms with van der Waals surface area (Å²) in [4.78, 5) is 2.15. The summed E-state index contributed by atoms with van der Waals surface area (Å²) in [6, 6.07) is 4.47. The predicted octanol–water partition coefficient (Wildman–Crippen LogP) is 2.02. The van der Waals surface area contributed by atoms with Crippen LogP contribution >= 0.6 is 0 Å². The number of nitrogens with zero attached hydrogens (tertiary/aromatic N) is 2. The van der Waals surface area contributed by atoms with Crippen LogP contribution in [0.2, 0.25) is 0 Å². The van der Waals surface area contributed by atoms with Gasteiger partial charge in [-0.05, 0) is 39.2 Å². The van der Waals surface area contributed by atoms with Gasteiger partial charge in [0.1, 0.15) is 16.7 Å². The van der Waals surface area contributed by atoms with Crippen LogP contribution in [0.3, 0.4) is 0 Å². The van der Waals surface area contributed by atoms with Crippen LogP contribution in [0.5, 0.6) is 5.75 Å². The van der Waals surface area contributed by atoms with Crippen LogP contribution in [0.25, 0.3) is 0 Å². The Bertz CT molecular complexity index is 840. The molecule has 2 rings (SSSR count). The van der Waals surface area contributed by atoms with E-state index in [1.165, 1.54) is 4.31 Å². The third-order valence-corrected chi connectivity index (χ3v) is 6.74. The monoisotopic (exact) mass is 408 g/mol. The largest absolute Gasteiger partial charge is 0.487 e. The SMILES string of the molecule is CC(C)C#Cc1ccc2c(c1)O[C@H](CN(C)C)[C@@H](C)CN([C@@H](C)CO)S2(=O)=O. The highest BCUT2D eigenvalue weighted by atomic mass is 32.2. The van der Waals surface area contributed by atoms with Gasteiger partial charge in [0, 0.05) is 36.5 Å². The van der Waals surface area contributed by atoms with Gasteiger partial charge in [-0.1, -0.05) is 32.6 Å². The summed E-state index contributed by atoms with van der Waals surface area (Å²) in [6.45, 7) is 8.42. The lowest BCUT2D eigenvalue weighted by Crippen LogP contribution is -2.49. The highest BCUT2D eigenvalue weighted by Gasteiger charge is 2.37. The Morgan fingerprint density at radius 3 is 2.57 bits per heavy atom. The number of likely N-dealkylation sites (N-methyl/N-ethyl adjacent to an activating group) is 1. The highest BCUT2D eigenvalue weighted by molar-refractivity contribution is 7.89. The van der Waals surface area contributed by atoms with Gasteiger partial charge in [0.2, 0.25) is 10.0 Å². The molecular formula is C21H32N2O4S. The molecule has 0 saturated heterocycles. The molecule has 1 aliphatic rings. The van der Waals surface area contributed by atoms with Crippen molar-refractivity contribution in [1.82, 2.24) is 9.21 Å². The number of hydrogen-bond acceptors (Lipinski definition) is 5. The average Bonchev–Trinajstić information content (AvgIpc) is 2.61. The zero-order valence-electron chi connectivity index (χ0n) is 17.6. The zero-order valence-corrected chi connectivity index (χ0v) is 18.5. The first-order valence-corrected chi connectivity index (χ1v) is 11.1.